The second kappa shape index (κ2) is 5.36. The van der Waals surface area contributed by atoms with Crippen molar-refractivity contribution in [3.8, 4) is 5.69 Å². The van der Waals surface area contributed by atoms with Crippen LogP contribution in [0.3, 0.4) is 0 Å². The third-order valence-electron chi connectivity index (χ3n) is 4.05. The molecule has 1 aliphatic rings. The van der Waals surface area contributed by atoms with E-state index in [4.69, 9.17) is 0 Å². The molecule has 5 nitrogen and oxygen atoms in total. The summed E-state index contributed by atoms with van der Waals surface area (Å²) >= 11 is 0. The fraction of sp³-hybridized carbons (Fsp3) is 0.312. The molecule has 0 bridgehead atoms. The molecule has 0 atom stereocenters. The molecule has 0 radical (unpaired) electrons. The Kier molecular flexibility index (Phi) is 3.21. The molecule has 6 heteroatoms. The quantitative estimate of drug-likeness (QED) is 0.729. The van der Waals surface area contributed by atoms with Crippen LogP contribution in [0, 0.1) is 5.82 Å². The van der Waals surface area contributed by atoms with Gasteiger partial charge in [0.15, 0.2) is 5.65 Å². The number of piperidine rings is 1. The van der Waals surface area contributed by atoms with Gasteiger partial charge >= 0.3 is 0 Å². The molecule has 0 amide bonds. The highest BCUT2D eigenvalue weighted by atomic mass is 19.1. The van der Waals surface area contributed by atoms with Crippen molar-refractivity contribution in [2.24, 2.45) is 0 Å². The summed E-state index contributed by atoms with van der Waals surface area (Å²) in [6.07, 6.45) is 6.97. The van der Waals surface area contributed by atoms with E-state index in [2.05, 4.69) is 20.0 Å². The van der Waals surface area contributed by atoms with E-state index in [1.54, 1.807) is 23.3 Å². The molecule has 3 aromatic rings. The van der Waals surface area contributed by atoms with Crippen LogP contribution in [0.25, 0.3) is 16.7 Å². The largest absolute Gasteiger partial charge is 0.356 e. The zero-order chi connectivity index (χ0) is 14.9. The van der Waals surface area contributed by atoms with Crippen molar-refractivity contribution in [2.75, 3.05) is 18.0 Å². The van der Waals surface area contributed by atoms with Crippen LogP contribution in [0.15, 0.2) is 36.8 Å². The summed E-state index contributed by atoms with van der Waals surface area (Å²) in [6, 6.07) is 6.36. The highest BCUT2D eigenvalue weighted by molar-refractivity contribution is 5.87. The van der Waals surface area contributed by atoms with E-state index in [1.807, 2.05) is 6.07 Å². The van der Waals surface area contributed by atoms with Gasteiger partial charge in [-0.25, -0.2) is 19.0 Å². The van der Waals surface area contributed by atoms with Crippen LogP contribution in [0.4, 0.5) is 10.2 Å². The number of hydrogen-bond donors (Lipinski definition) is 0. The van der Waals surface area contributed by atoms with E-state index in [0.717, 1.165) is 24.3 Å². The zero-order valence-electron chi connectivity index (χ0n) is 12.1. The molecule has 112 valence electrons. The number of aromatic nitrogens is 4. The van der Waals surface area contributed by atoms with Gasteiger partial charge in [-0.2, -0.15) is 5.10 Å². The van der Waals surface area contributed by atoms with Crippen molar-refractivity contribution >= 4 is 16.9 Å². The van der Waals surface area contributed by atoms with Gasteiger partial charge in [0.2, 0.25) is 0 Å². The van der Waals surface area contributed by atoms with Gasteiger partial charge in [0.25, 0.3) is 0 Å². The number of fused-ring (bicyclic) bond motifs is 1. The Morgan fingerprint density at radius 2 is 1.91 bits per heavy atom. The Bertz CT molecular complexity index is 807. The maximum Gasteiger partial charge on any atom is 0.168 e. The summed E-state index contributed by atoms with van der Waals surface area (Å²) < 4.78 is 15.1. The van der Waals surface area contributed by atoms with Gasteiger partial charge in [-0.3, -0.25) is 0 Å². The van der Waals surface area contributed by atoms with Crippen LogP contribution in [0.2, 0.25) is 0 Å². The van der Waals surface area contributed by atoms with Crippen molar-refractivity contribution < 1.29 is 4.39 Å². The van der Waals surface area contributed by atoms with Gasteiger partial charge in [0, 0.05) is 13.1 Å². The molecular formula is C16H16FN5. The molecule has 0 aliphatic carbocycles. The first-order chi connectivity index (χ1) is 10.8. The smallest absolute Gasteiger partial charge is 0.168 e. The standard InChI is InChI=1S/C16H16FN5/c17-12-5-4-6-13(9-12)22-16-14(10-20-22)15(18-11-19-16)21-7-2-1-3-8-21/h4-6,9-11H,1-3,7-8H2. The molecule has 1 saturated heterocycles. The minimum absolute atomic E-state index is 0.286. The van der Waals surface area contributed by atoms with Crippen LogP contribution < -0.4 is 4.90 Å². The topological polar surface area (TPSA) is 46.8 Å². The first-order valence-corrected chi connectivity index (χ1v) is 7.52. The van der Waals surface area contributed by atoms with E-state index >= 15 is 0 Å². The first kappa shape index (κ1) is 13.2. The van der Waals surface area contributed by atoms with Crippen LogP contribution in [-0.2, 0) is 0 Å². The minimum Gasteiger partial charge on any atom is -0.356 e. The molecule has 3 heterocycles. The van der Waals surface area contributed by atoms with Gasteiger partial charge < -0.3 is 4.90 Å². The lowest BCUT2D eigenvalue weighted by Crippen LogP contribution is -2.30. The Morgan fingerprint density at radius 1 is 1.05 bits per heavy atom. The number of nitrogens with zero attached hydrogens (tertiary/aromatic N) is 5. The van der Waals surface area contributed by atoms with Gasteiger partial charge in [-0.1, -0.05) is 6.07 Å². The Morgan fingerprint density at radius 3 is 2.73 bits per heavy atom. The molecule has 4 rings (SSSR count). The summed E-state index contributed by atoms with van der Waals surface area (Å²) in [7, 11) is 0. The molecular weight excluding hydrogens is 281 g/mol. The summed E-state index contributed by atoms with van der Waals surface area (Å²) in [5.41, 5.74) is 1.37. The van der Waals surface area contributed by atoms with Crippen molar-refractivity contribution in [2.45, 2.75) is 19.3 Å². The summed E-state index contributed by atoms with van der Waals surface area (Å²) in [4.78, 5) is 11.1. The summed E-state index contributed by atoms with van der Waals surface area (Å²) in [6.45, 7) is 2.02. The fourth-order valence-electron chi connectivity index (χ4n) is 2.99. The molecule has 2 aromatic heterocycles. The molecule has 1 fully saturated rings. The van der Waals surface area contributed by atoms with E-state index in [0.29, 0.717) is 11.3 Å². The van der Waals surface area contributed by atoms with Crippen LogP contribution in [-0.4, -0.2) is 32.8 Å². The lowest BCUT2D eigenvalue weighted by atomic mass is 10.1. The second-order valence-electron chi connectivity index (χ2n) is 5.52. The lowest BCUT2D eigenvalue weighted by Gasteiger charge is -2.27. The van der Waals surface area contributed by atoms with E-state index in [1.165, 1.54) is 31.4 Å². The predicted octanol–water partition coefficient (Wildman–Crippen LogP) is 2.94. The highest BCUT2D eigenvalue weighted by Crippen LogP contribution is 2.26. The van der Waals surface area contributed by atoms with E-state index in [9.17, 15) is 4.39 Å². The van der Waals surface area contributed by atoms with Crippen LogP contribution >= 0.6 is 0 Å². The van der Waals surface area contributed by atoms with Crippen molar-refractivity contribution in [3.05, 3.63) is 42.6 Å². The number of rotatable bonds is 2. The normalized spacial score (nSPS) is 15.4. The average Bonchev–Trinajstić information content (AvgIpc) is 3.00. The van der Waals surface area contributed by atoms with Crippen molar-refractivity contribution in [1.29, 1.82) is 0 Å². The number of benzene rings is 1. The second-order valence-corrected chi connectivity index (χ2v) is 5.52. The SMILES string of the molecule is Fc1cccc(-n2ncc3c(N4CCCCC4)ncnc32)c1. The average molecular weight is 297 g/mol. The monoisotopic (exact) mass is 297 g/mol. The molecule has 0 spiro atoms. The molecule has 0 saturated carbocycles. The minimum atomic E-state index is -0.286. The first-order valence-electron chi connectivity index (χ1n) is 7.52. The number of hydrogen-bond acceptors (Lipinski definition) is 4. The van der Waals surface area contributed by atoms with Gasteiger partial charge in [0.1, 0.15) is 18.0 Å². The van der Waals surface area contributed by atoms with Crippen LogP contribution in [0.1, 0.15) is 19.3 Å². The molecule has 1 aliphatic heterocycles. The summed E-state index contributed by atoms with van der Waals surface area (Å²) in [5, 5.41) is 5.29. The predicted molar refractivity (Wildman–Crippen MR) is 82.7 cm³/mol. The van der Waals surface area contributed by atoms with Gasteiger partial charge in [-0.05, 0) is 37.5 Å². The Hall–Kier alpha value is -2.50. The molecule has 1 aromatic carbocycles. The van der Waals surface area contributed by atoms with Crippen molar-refractivity contribution in [3.63, 3.8) is 0 Å². The molecule has 0 N–H and O–H groups in total. The van der Waals surface area contributed by atoms with Gasteiger partial charge in [-0.15, -0.1) is 0 Å². The molecule has 0 unspecified atom stereocenters. The maximum atomic E-state index is 13.4. The zero-order valence-corrected chi connectivity index (χ0v) is 12.1. The Labute approximate surface area is 127 Å². The van der Waals surface area contributed by atoms with E-state index < -0.39 is 0 Å². The third kappa shape index (κ3) is 2.20. The maximum absolute atomic E-state index is 13.4. The number of halogens is 1. The van der Waals surface area contributed by atoms with Gasteiger partial charge in [0.05, 0.1) is 17.3 Å². The molecule has 22 heavy (non-hydrogen) atoms. The summed E-state index contributed by atoms with van der Waals surface area (Å²) in [5.74, 6) is 0.638. The Balaban J connectivity index is 1.83. The third-order valence-corrected chi connectivity index (χ3v) is 4.05. The van der Waals surface area contributed by atoms with E-state index in [-0.39, 0.29) is 5.82 Å². The van der Waals surface area contributed by atoms with Crippen molar-refractivity contribution in [1.82, 2.24) is 19.7 Å². The lowest BCUT2D eigenvalue weighted by molar-refractivity contribution is 0.574. The highest BCUT2D eigenvalue weighted by Gasteiger charge is 2.18. The van der Waals surface area contributed by atoms with Crippen LogP contribution in [0.5, 0.6) is 0 Å². The number of anilines is 1. The fourth-order valence-corrected chi connectivity index (χ4v) is 2.99.